The molecule has 0 bridgehead atoms. The average Bonchev–Trinajstić information content (AvgIpc) is 2.64. The summed E-state index contributed by atoms with van der Waals surface area (Å²) in [6.07, 6.45) is 1.29. The van der Waals surface area contributed by atoms with E-state index in [2.05, 4.69) is 0 Å². The summed E-state index contributed by atoms with van der Waals surface area (Å²) in [5.74, 6) is -1.06. The van der Waals surface area contributed by atoms with Crippen LogP contribution in [0.4, 0.5) is 0 Å². The number of phenolic OH excluding ortho intramolecular Hbond substituents is 2. The zero-order chi connectivity index (χ0) is 20.1. The molecule has 2 aromatic carbocycles. The fourth-order valence-electron chi connectivity index (χ4n) is 2.58. The number of aliphatic carboxylic acids is 1. The number of carboxylic acid groups (broad SMARTS) is 1. The number of hydrogen-bond acceptors (Lipinski definition) is 7. The van der Waals surface area contributed by atoms with Crippen molar-refractivity contribution in [1.29, 1.82) is 0 Å². The second kappa shape index (κ2) is 8.22. The van der Waals surface area contributed by atoms with Crippen LogP contribution in [0.25, 0.3) is 11.6 Å². The Kier molecular flexibility index (Phi) is 6.02. The van der Waals surface area contributed by atoms with Gasteiger partial charge in [0.25, 0.3) is 0 Å². The first kappa shape index (κ1) is 19.8. The fourth-order valence-corrected chi connectivity index (χ4v) is 2.58. The molecule has 0 fully saturated rings. The van der Waals surface area contributed by atoms with Gasteiger partial charge in [-0.3, -0.25) is 0 Å². The molecule has 27 heavy (non-hydrogen) atoms. The molecule has 0 aliphatic rings. The lowest BCUT2D eigenvalue weighted by atomic mass is 10.0. The van der Waals surface area contributed by atoms with Crippen molar-refractivity contribution in [2.45, 2.75) is 0 Å². The lowest BCUT2D eigenvalue weighted by molar-refractivity contribution is -0.130. The highest BCUT2D eigenvalue weighted by Crippen LogP contribution is 2.41. The van der Waals surface area contributed by atoms with Crippen LogP contribution >= 0.6 is 0 Å². The van der Waals surface area contributed by atoms with Crippen LogP contribution in [0.2, 0.25) is 0 Å². The molecule has 3 N–H and O–H groups in total. The van der Waals surface area contributed by atoms with Gasteiger partial charge >= 0.3 is 5.97 Å². The molecule has 0 aliphatic heterocycles. The summed E-state index contributed by atoms with van der Waals surface area (Å²) in [7, 11) is 5.58. The highest BCUT2D eigenvalue weighted by molar-refractivity contribution is 6.21. The summed E-state index contributed by atoms with van der Waals surface area (Å²) in [5.41, 5.74) is 0.432. The lowest BCUT2D eigenvalue weighted by Gasteiger charge is -2.14. The van der Waals surface area contributed by atoms with Crippen molar-refractivity contribution >= 4 is 17.6 Å². The van der Waals surface area contributed by atoms with Gasteiger partial charge in [0.1, 0.15) is 0 Å². The van der Waals surface area contributed by atoms with Gasteiger partial charge in [0.2, 0.25) is 11.5 Å². The van der Waals surface area contributed by atoms with E-state index >= 15 is 0 Å². The molecule has 0 saturated heterocycles. The summed E-state index contributed by atoms with van der Waals surface area (Å²) in [5, 5.41) is 29.5. The molecule has 8 nitrogen and oxygen atoms in total. The van der Waals surface area contributed by atoms with E-state index in [1.54, 1.807) is 0 Å². The fraction of sp³-hybridized carbons (Fsp3) is 0.211. The summed E-state index contributed by atoms with van der Waals surface area (Å²) in [6.45, 7) is 0. The highest BCUT2D eigenvalue weighted by Gasteiger charge is 2.19. The Morgan fingerprint density at radius 1 is 0.815 bits per heavy atom. The van der Waals surface area contributed by atoms with Crippen molar-refractivity contribution < 1.29 is 39.1 Å². The Balaban J connectivity index is 2.65. The second-order valence-corrected chi connectivity index (χ2v) is 5.37. The first-order valence-electron chi connectivity index (χ1n) is 7.71. The molecule has 0 saturated carbocycles. The zero-order valence-corrected chi connectivity index (χ0v) is 15.3. The van der Waals surface area contributed by atoms with Crippen molar-refractivity contribution in [3.8, 4) is 34.5 Å². The molecule has 2 aromatic rings. The zero-order valence-electron chi connectivity index (χ0n) is 15.3. The van der Waals surface area contributed by atoms with E-state index in [0.29, 0.717) is 17.2 Å². The molecule has 144 valence electrons. The van der Waals surface area contributed by atoms with Gasteiger partial charge in [-0.1, -0.05) is 0 Å². The quantitative estimate of drug-likeness (QED) is 0.499. The van der Waals surface area contributed by atoms with E-state index in [-0.39, 0.29) is 33.9 Å². The van der Waals surface area contributed by atoms with Gasteiger partial charge in [-0.2, -0.15) is 0 Å². The van der Waals surface area contributed by atoms with Gasteiger partial charge in [0.05, 0.1) is 34.0 Å². The third-order valence-corrected chi connectivity index (χ3v) is 3.79. The summed E-state index contributed by atoms with van der Waals surface area (Å²) < 4.78 is 20.6. The lowest BCUT2D eigenvalue weighted by Crippen LogP contribution is -2.02. The average molecular weight is 376 g/mol. The maximum Gasteiger partial charge on any atom is 0.336 e. The molecule has 8 heteroatoms. The molecule has 0 heterocycles. The van der Waals surface area contributed by atoms with Gasteiger partial charge in [0, 0.05) is 0 Å². The maximum atomic E-state index is 11.8. The van der Waals surface area contributed by atoms with Crippen LogP contribution in [0.1, 0.15) is 11.1 Å². The largest absolute Gasteiger partial charge is 0.504 e. The number of ether oxygens (including phenoxy) is 4. The number of phenols is 2. The molecule has 0 unspecified atom stereocenters. The van der Waals surface area contributed by atoms with E-state index in [1.807, 2.05) is 0 Å². The molecule has 2 rings (SSSR count). The maximum absolute atomic E-state index is 11.8. The first-order valence-corrected chi connectivity index (χ1v) is 7.71. The van der Waals surface area contributed by atoms with E-state index in [9.17, 15) is 20.1 Å². The van der Waals surface area contributed by atoms with Gasteiger partial charge in [-0.15, -0.1) is 0 Å². The van der Waals surface area contributed by atoms with Gasteiger partial charge < -0.3 is 34.3 Å². The van der Waals surface area contributed by atoms with Crippen molar-refractivity contribution in [3.63, 3.8) is 0 Å². The number of aromatic hydroxyl groups is 2. The van der Waals surface area contributed by atoms with Crippen LogP contribution in [0, 0.1) is 0 Å². The van der Waals surface area contributed by atoms with Crippen LogP contribution in [0.5, 0.6) is 34.5 Å². The van der Waals surface area contributed by atoms with Crippen molar-refractivity contribution in [2.24, 2.45) is 0 Å². The predicted molar refractivity (Wildman–Crippen MR) is 97.9 cm³/mol. The molecule has 0 amide bonds. The number of carbonyl (C=O) groups is 1. The Morgan fingerprint density at radius 2 is 1.30 bits per heavy atom. The number of benzene rings is 2. The monoisotopic (exact) mass is 376 g/mol. The molecule has 0 spiro atoms. The van der Waals surface area contributed by atoms with Gasteiger partial charge in [-0.25, -0.2) is 4.79 Å². The highest BCUT2D eigenvalue weighted by atomic mass is 16.5. The van der Waals surface area contributed by atoms with Crippen LogP contribution in [-0.4, -0.2) is 49.7 Å². The molecule has 0 aromatic heterocycles. The van der Waals surface area contributed by atoms with E-state index < -0.39 is 5.97 Å². The normalized spacial score (nSPS) is 11.0. The van der Waals surface area contributed by atoms with Crippen molar-refractivity contribution in [2.75, 3.05) is 28.4 Å². The smallest absolute Gasteiger partial charge is 0.336 e. The van der Waals surface area contributed by atoms with E-state index in [0.717, 1.165) is 0 Å². The van der Waals surface area contributed by atoms with Gasteiger partial charge in [-0.05, 0) is 41.5 Å². The van der Waals surface area contributed by atoms with Crippen LogP contribution in [-0.2, 0) is 4.79 Å². The topological polar surface area (TPSA) is 115 Å². The summed E-state index contributed by atoms with van der Waals surface area (Å²) in [6, 6.07) is 5.54. The van der Waals surface area contributed by atoms with Crippen molar-refractivity contribution in [1.82, 2.24) is 0 Å². The van der Waals surface area contributed by atoms with Crippen molar-refractivity contribution in [3.05, 3.63) is 35.4 Å². The van der Waals surface area contributed by atoms with E-state index in [1.165, 1.54) is 58.8 Å². The standard InChI is InChI=1S/C19H20O8/c1-24-15-8-11(9-16(25-2)18(15)27-4)12(19(22)23)5-10-6-13(20)17(26-3)14(21)7-10/h5-9,20-21H,1-4H3,(H,22,23)/b12-5+. The SMILES string of the molecule is COc1cc(/C(=C\c2cc(O)c(OC)c(O)c2)C(=O)O)cc(OC)c1OC. The third-order valence-electron chi connectivity index (χ3n) is 3.79. The molecular weight excluding hydrogens is 356 g/mol. The Morgan fingerprint density at radius 3 is 1.67 bits per heavy atom. The van der Waals surface area contributed by atoms with E-state index in [4.69, 9.17) is 18.9 Å². The Hall–Kier alpha value is -3.55. The first-order chi connectivity index (χ1) is 12.9. The van der Waals surface area contributed by atoms with Gasteiger partial charge in [0.15, 0.2) is 23.0 Å². The molecule has 0 radical (unpaired) electrons. The minimum atomic E-state index is -1.22. The summed E-state index contributed by atoms with van der Waals surface area (Å²) in [4.78, 5) is 11.8. The number of methoxy groups -OCH3 is 4. The summed E-state index contributed by atoms with van der Waals surface area (Å²) >= 11 is 0. The molecule has 0 atom stereocenters. The second-order valence-electron chi connectivity index (χ2n) is 5.37. The third kappa shape index (κ3) is 4.00. The predicted octanol–water partition coefficient (Wildman–Crippen LogP) is 2.76. The molecule has 0 aliphatic carbocycles. The Bertz CT molecular complexity index is 837. The number of rotatable bonds is 7. The van der Waals surface area contributed by atoms with Crippen LogP contribution < -0.4 is 18.9 Å². The number of carboxylic acids is 1. The Labute approximate surface area is 155 Å². The minimum absolute atomic E-state index is 0.100. The van der Waals surface area contributed by atoms with Crippen LogP contribution in [0.15, 0.2) is 24.3 Å². The number of hydrogen-bond donors (Lipinski definition) is 3. The van der Waals surface area contributed by atoms with Crippen LogP contribution in [0.3, 0.4) is 0 Å². The minimum Gasteiger partial charge on any atom is -0.504 e. The molecular formula is C19H20O8.